The number of amides is 1. The molecule has 1 fully saturated rings. The Hall–Kier alpha value is -0.910. The Morgan fingerprint density at radius 1 is 1.53 bits per heavy atom. The van der Waals surface area contributed by atoms with Gasteiger partial charge in [-0.3, -0.25) is 4.79 Å². The van der Waals surface area contributed by atoms with E-state index in [0.717, 1.165) is 10.0 Å². The molecule has 1 amide bonds. The number of carbonyl (C=O) groups excluding carboxylic acids is 1. The van der Waals surface area contributed by atoms with Crippen molar-refractivity contribution in [2.45, 2.75) is 25.9 Å². The van der Waals surface area contributed by atoms with Crippen LogP contribution < -0.4 is 11.1 Å². The summed E-state index contributed by atoms with van der Waals surface area (Å²) in [5.41, 5.74) is 6.38. The third kappa shape index (κ3) is 2.99. The molecule has 3 unspecified atom stereocenters. The first-order valence-electron chi connectivity index (χ1n) is 6.33. The zero-order valence-corrected chi connectivity index (χ0v) is 12.7. The molecule has 1 aliphatic rings. The van der Waals surface area contributed by atoms with Crippen LogP contribution in [-0.2, 0) is 9.53 Å². The van der Waals surface area contributed by atoms with Crippen LogP contribution >= 0.6 is 15.9 Å². The largest absolute Gasteiger partial charge is 0.379 e. The van der Waals surface area contributed by atoms with Gasteiger partial charge < -0.3 is 15.8 Å². The fourth-order valence-electron chi connectivity index (χ4n) is 2.12. The molecule has 2 rings (SSSR count). The molecule has 0 radical (unpaired) electrons. The van der Waals surface area contributed by atoms with Gasteiger partial charge in [-0.15, -0.1) is 0 Å². The predicted molar refractivity (Wildman–Crippen MR) is 77.6 cm³/mol. The lowest BCUT2D eigenvalue weighted by atomic mass is 9.84. The maximum absolute atomic E-state index is 12.3. The van der Waals surface area contributed by atoms with Crippen molar-refractivity contribution in [1.29, 1.82) is 0 Å². The molecule has 4 nitrogen and oxygen atoms in total. The van der Waals surface area contributed by atoms with Gasteiger partial charge in [-0.2, -0.15) is 0 Å². The molecule has 1 saturated heterocycles. The first-order valence-corrected chi connectivity index (χ1v) is 7.12. The van der Waals surface area contributed by atoms with Crippen LogP contribution in [0.1, 0.15) is 25.5 Å². The van der Waals surface area contributed by atoms with Crippen LogP contribution in [0.4, 0.5) is 0 Å². The topological polar surface area (TPSA) is 64.3 Å². The summed E-state index contributed by atoms with van der Waals surface area (Å²) < 4.78 is 6.33. The highest BCUT2D eigenvalue weighted by molar-refractivity contribution is 9.10. The summed E-state index contributed by atoms with van der Waals surface area (Å²) in [4.78, 5) is 12.3. The van der Waals surface area contributed by atoms with Gasteiger partial charge in [0.15, 0.2) is 0 Å². The molecule has 0 spiro atoms. The fourth-order valence-corrected chi connectivity index (χ4v) is 2.38. The summed E-state index contributed by atoms with van der Waals surface area (Å²) in [7, 11) is 0. The number of nitrogens with one attached hydrogen (secondary N) is 1. The molecule has 1 heterocycles. The molecular formula is C14H19BrN2O2. The fraction of sp³-hybridized carbons (Fsp3) is 0.500. The van der Waals surface area contributed by atoms with Gasteiger partial charge in [0.2, 0.25) is 5.91 Å². The van der Waals surface area contributed by atoms with Crippen molar-refractivity contribution in [3.05, 3.63) is 34.3 Å². The van der Waals surface area contributed by atoms with E-state index in [4.69, 9.17) is 10.5 Å². The highest BCUT2D eigenvalue weighted by Crippen LogP contribution is 2.28. The summed E-state index contributed by atoms with van der Waals surface area (Å²) in [6.45, 7) is 4.64. The molecule has 1 aromatic carbocycles. The van der Waals surface area contributed by atoms with Gasteiger partial charge in [0.25, 0.3) is 0 Å². The highest BCUT2D eigenvalue weighted by Gasteiger charge is 2.44. The second-order valence-corrected chi connectivity index (χ2v) is 6.20. The lowest BCUT2D eigenvalue weighted by Crippen LogP contribution is -2.50. The van der Waals surface area contributed by atoms with Crippen LogP contribution in [0.2, 0.25) is 0 Å². The van der Waals surface area contributed by atoms with E-state index in [1.165, 1.54) is 0 Å². The monoisotopic (exact) mass is 326 g/mol. The first kappa shape index (κ1) is 14.5. The van der Waals surface area contributed by atoms with Gasteiger partial charge in [-0.25, -0.2) is 0 Å². The van der Waals surface area contributed by atoms with Crippen molar-refractivity contribution >= 4 is 21.8 Å². The van der Waals surface area contributed by atoms with E-state index in [0.29, 0.717) is 13.2 Å². The normalized spacial score (nSPS) is 28.1. The summed E-state index contributed by atoms with van der Waals surface area (Å²) in [5, 5.41) is 3.01. The highest BCUT2D eigenvalue weighted by atomic mass is 79.9. The van der Waals surface area contributed by atoms with Crippen LogP contribution in [-0.4, -0.2) is 25.2 Å². The predicted octanol–water partition coefficient (Wildman–Crippen LogP) is 1.99. The summed E-state index contributed by atoms with van der Waals surface area (Å²) in [6, 6.07) is 7.61. The van der Waals surface area contributed by atoms with E-state index in [9.17, 15) is 4.79 Å². The van der Waals surface area contributed by atoms with Crippen molar-refractivity contribution in [2.75, 3.05) is 13.2 Å². The lowest BCUT2D eigenvalue weighted by Gasteiger charge is -2.27. The summed E-state index contributed by atoms with van der Waals surface area (Å²) in [6.07, 6.45) is 0. The quantitative estimate of drug-likeness (QED) is 0.892. The Balaban J connectivity index is 2.04. The van der Waals surface area contributed by atoms with Gasteiger partial charge in [-0.1, -0.05) is 28.1 Å². The number of hydrogen-bond acceptors (Lipinski definition) is 3. The minimum absolute atomic E-state index is 0.0482. The minimum atomic E-state index is -0.635. The average molecular weight is 327 g/mol. The van der Waals surface area contributed by atoms with Gasteiger partial charge in [0.1, 0.15) is 0 Å². The number of nitrogens with two attached hydrogens (primary N) is 1. The number of rotatable bonds is 3. The van der Waals surface area contributed by atoms with E-state index < -0.39 is 5.41 Å². The van der Waals surface area contributed by atoms with Crippen LogP contribution in [0, 0.1) is 5.41 Å². The average Bonchev–Trinajstić information content (AvgIpc) is 2.71. The molecule has 1 aliphatic heterocycles. The van der Waals surface area contributed by atoms with E-state index in [2.05, 4.69) is 21.2 Å². The molecule has 0 saturated carbocycles. The molecule has 104 valence electrons. The number of halogens is 1. The molecule has 0 bridgehead atoms. The van der Waals surface area contributed by atoms with Crippen molar-refractivity contribution in [3.63, 3.8) is 0 Å². The molecule has 3 N–H and O–H groups in total. The molecule has 3 atom stereocenters. The van der Waals surface area contributed by atoms with Crippen molar-refractivity contribution < 1.29 is 9.53 Å². The van der Waals surface area contributed by atoms with E-state index in [1.54, 1.807) is 0 Å². The number of benzene rings is 1. The van der Waals surface area contributed by atoms with Gasteiger partial charge >= 0.3 is 0 Å². The van der Waals surface area contributed by atoms with Crippen molar-refractivity contribution in [2.24, 2.45) is 11.1 Å². The van der Waals surface area contributed by atoms with Crippen molar-refractivity contribution in [1.82, 2.24) is 5.32 Å². The Morgan fingerprint density at radius 2 is 2.16 bits per heavy atom. The molecule has 1 aromatic rings. The molecule has 0 aliphatic carbocycles. The SMILES string of the molecule is CC(NC(=O)C1(C)COCC1N)c1ccc(Br)cc1. The van der Waals surface area contributed by atoms with Crippen LogP contribution in [0.5, 0.6) is 0 Å². The summed E-state index contributed by atoms with van der Waals surface area (Å²) >= 11 is 3.40. The molecule has 5 heteroatoms. The maximum Gasteiger partial charge on any atom is 0.230 e. The van der Waals surface area contributed by atoms with Crippen LogP contribution in [0.15, 0.2) is 28.7 Å². The van der Waals surface area contributed by atoms with E-state index >= 15 is 0 Å². The van der Waals surface area contributed by atoms with Crippen LogP contribution in [0.3, 0.4) is 0 Å². The maximum atomic E-state index is 12.3. The first-order chi connectivity index (χ1) is 8.93. The van der Waals surface area contributed by atoms with Gasteiger partial charge in [0, 0.05) is 10.5 Å². The Kier molecular flexibility index (Phi) is 4.28. The van der Waals surface area contributed by atoms with Gasteiger partial charge in [0.05, 0.1) is 24.7 Å². The number of ether oxygens (including phenoxy) is 1. The van der Waals surface area contributed by atoms with Gasteiger partial charge in [-0.05, 0) is 31.5 Å². The smallest absolute Gasteiger partial charge is 0.230 e. The van der Waals surface area contributed by atoms with Crippen molar-refractivity contribution in [3.8, 4) is 0 Å². The summed E-state index contributed by atoms with van der Waals surface area (Å²) in [5.74, 6) is -0.0482. The second kappa shape index (κ2) is 5.61. The van der Waals surface area contributed by atoms with Crippen LogP contribution in [0.25, 0.3) is 0 Å². The van der Waals surface area contributed by atoms with E-state index in [-0.39, 0.29) is 18.0 Å². The lowest BCUT2D eigenvalue weighted by molar-refractivity contribution is -0.131. The number of carbonyl (C=O) groups is 1. The molecule has 19 heavy (non-hydrogen) atoms. The zero-order chi connectivity index (χ0) is 14.0. The Morgan fingerprint density at radius 3 is 2.68 bits per heavy atom. The third-order valence-corrected chi connectivity index (χ3v) is 4.28. The zero-order valence-electron chi connectivity index (χ0n) is 11.2. The Labute approximate surface area is 121 Å². The second-order valence-electron chi connectivity index (χ2n) is 5.29. The van der Waals surface area contributed by atoms with E-state index in [1.807, 2.05) is 38.1 Å². The Bertz CT molecular complexity index is 463. The standard InChI is InChI=1S/C14H19BrN2O2/c1-9(10-3-5-11(15)6-4-10)17-13(18)14(2)8-19-7-12(14)16/h3-6,9,12H,7-8,16H2,1-2H3,(H,17,18). The third-order valence-electron chi connectivity index (χ3n) is 3.75. The number of hydrogen-bond donors (Lipinski definition) is 2. The molecule has 0 aromatic heterocycles. The minimum Gasteiger partial charge on any atom is -0.379 e. The molecular weight excluding hydrogens is 308 g/mol.